The van der Waals surface area contributed by atoms with Crippen LogP contribution in [0.25, 0.3) is 0 Å². The number of aryl methyl sites for hydroxylation is 1. The molecular formula is C21H28O4. The van der Waals surface area contributed by atoms with Crippen molar-refractivity contribution < 1.29 is 19.4 Å². The molecule has 4 saturated carbocycles. The Labute approximate surface area is 149 Å². The highest BCUT2D eigenvalue weighted by Crippen LogP contribution is 2.62. The first kappa shape index (κ1) is 16.9. The van der Waals surface area contributed by atoms with E-state index in [1.54, 1.807) is 0 Å². The normalized spacial score (nSPS) is 35.6. The maximum absolute atomic E-state index is 12.3. The summed E-state index contributed by atoms with van der Waals surface area (Å²) < 4.78 is 11.0. The third-order valence-corrected chi connectivity index (χ3v) is 6.31. The highest BCUT2D eigenvalue weighted by molar-refractivity contribution is 5.70. The Morgan fingerprint density at radius 2 is 1.80 bits per heavy atom. The first-order valence-electron chi connectivity index (χ1n) is 9.51. The lowest BCUT2D eigenvalue weighted by molar-refractivity contribution is -0.177. The Kier molecular flexibility index (Phi) is 4.27. The highest BCUT2D eigenvalue weighted by Gasteiger charge is 2.57. The molecule has 0 heterocycles. The van der Waals surface area contributed by atoms with Gasteiger partial charge in [0.25, 0.3) is 0 Å². The fraction of sp³-hybridized carbons (Fsp3) is 0.667. The smallest absolute Gasteiger partial charge is 0.306 e. The van der Waals surface area contributed by atoms with Crippen molar-refractivity contribution in [2.24, 2.45) is 17.3 Å². The molecule has 0 aromatic heterocycles. The summed E-state index contributed by atoms with van der Waals surface area (Å²) in [5, 5.41) is 10.8. The van der Waals surface area contributed by atoms with E-state index in [0.29, 0.717) is 24.9 Å². The van der Waals surface area contributed by atoms with Crippen LogP contribution in [0.1, 0.15) is 50.5 Å². The summed E-state index contributed by atoms with van der Waals surface area (Å²) >= 11 is 0. The number of hydrogen-bond donors (Lipinski definition) is 1. The maximum Gasteiger partial charge on any atom is 0.306 e. The quantitative estimate of drug-likeness (QED) is 0.632. The lowest BCUT2D eigenvalue weighted by atomic mass is 9.47. The van der Waals surface area contributed by atoms with Crippen molar-refractivity contribution >= 4 is 5.97 Å². The summed E-state index contributed by atoms with van der Waals surface area (Å²) in [5.41, 5.74) is 0.656. The number of esters is 1. The molecule has 5 rings (SSSR count). The van der Waals surface area contributed by atoms with E-state index < -0.39 is 5.60 Å². The molecule has 1 aromatic carbocycles. The predicted molar refractivity (Wildman–Crippen MR) is 94.3 cm³/mol. The summed E-state index contributed by atoms with van der Waals surface area (Å²) in [6.45, 7) is 2.68. The van der Waals surface area contributed by atoms with E-state index in [0.717, 1.165) is 37.9 Å². The van der Waals surface area contributed by atoms with E-state index in [2.05, 4.69) is 0 Å². The second-order valence-electron chi connectivity index (χ2n) is 8.74. The van der Waals surface area contributed by atoms with Gasteiger partial charge in [0.1, 0.15) is 19.0 Å². The Morgan fingerprint density at radius 1 is 1.12 bits per heavy atom. The van der Waals surface area contributed by atoms with Crippen molar-refractivity contribution in [1.29, 1.82) is 0 Å². The summed E-state index contributed by atoms with van der Waals surface area (Å²) in [5.74, 6) is 1.86. The summed E-state index contributed by atoms with van der Waals surface area (Å²) in [6.07, 6.45) is 6.51. The minimum absolute atomic E-state index is 0.0201. The van der Waals surface area contributed by atoms with Crippen molar-refractivity contribution in [3.63, 3.8) is 0 Å². The van der Waals surface area contributed by atoms with Crippen molar-refractivity contribution in [2.45, 2.75) is 57.5 Å². The number of ether oxygens (including phenoxy) is 2. The fourth-order valence-corrected chi connectivity index (χ4v) is 5.92. The maximum atomic E-state index is 12.3. The average molecular weight is 344 g/mol. The molecule has 4 fully saturated rings. The summed E-state index contributed by atoms with van der Waals surface area (Å²) in [6, 6.07) is 7.85. The number of aliphatic hydroxyl groups is 1. The van der Waals surface area contributed by atoms with Gasteiger partial charge in [0, 0.05) is 0 Å². The Balaban J connectivity index is 1.25. The minimum atomic E-state index is -0.515. The van der Waals surface area contributed by atoms with Crippen molar-refractivity contribution in [3.05, 3.63) is 29.8 Å². The standard InChI is InChI=1S/C21H28O4/c1-15-2-4-18(5-3-15)24-6-7-25-19(22)13-20-9-16-8-17(10-20)12-21(23,11-16)14-20/h2-5,16-17,23H,6-14H2,1H3. The molecule has 1 N–H and O–H groups in total. The molecule has 0 aliphatic heterocycles. The van der Waals surface area contributed by atoms with Gasteiger partial charge >= 0.3 is 5.97 Å². The van der Waals surface area contributed by atoms with E-state index in [4.69, 9.17) is 9.47 Å². The molecule has 4 heteroatoms. The Hall–Kier alpha value is -1.55. The topological polar surface area (TPSA) is 55.8 Å². The van der Waals surface area contributed by atoms with Gasteiger partial charge in [-0.1, -0.05) is 17.7 Å². The van der Waals surface area contributed by atoms with E-state index in [1.165, 1.54) is 12.0 Å². The van der Waals surface area contributed by atoms with Gasteiger partial charge in [0.05, 0.1) is 12.0 Å². The van der Waals surface area contributed by atoms with Crippen molar-refractivity contribution in [3.8, 4) is 5.75 Å². The number of rotatable bonds is 6. The second-order valence-corrected chi connectivity index (χ2v) is 8.74. The third-order valence-electron chi connectivity index (χ3n) is 6.31. The molecule has 0 spiro atoms. The van der Waals surface area contributed by atoms with Crippen molar-refractivity contribution in [1.82, 2.24) is 0 Å². The summed E-state index contributed by atoms with van der Waals surface area (Å²) in [7, 11) is 0. The molecule has 1 aromatic rings. The van der Waals surface area contributed by atoms with E-state index in [9.17, 15) is 9.90 Å². The van der Waals surface area contributed by atoms with Gasteiger partial charge in [-0.3, -0.25) is 4.79 Å². The van der Waals surface area contributed by atoms with E-state index in [1.807, 2.05) is 31.2 Å². The molecule has 0 radical (unpaired) electrons. The predicted octanol–water partition coefficient (Wildman–Crippen LogP) is 3.64. The van der Waals surface area contributed by atoms with Crippen LogP contribution in [0.15, 0.2) is 24.3 Å². The van der Waals surface area contributed by atoms with Crippen LogP contribution in [0.4, 0.5) is 0 Å². The molecule has 4 nitrogen and oxygen atoms in total. The number of carbonyl (C=O) groups is 1. The zero-order valence-electron chi connectivity index (χ0n) is 15.0. The minimum Gasteiger partial charge on any atom is -0.490 e. The second kappa shape index (κ2) is 6.31. The van der Waals surface area contributed by atoms with Crippen LogP contribution in [0.5, 0.6) is 5.75 Å². The van der Waals surface area contributed by atoms with Crippen LogP contribution in [0, 0.1) is 24.2 Å². The van der Waals surface area contributed by atoms with Gasteiger partial charge in [-0.15, -0.1) is 0 Å². The van der Waals surface area contributed by atoms with Gasteiger partial charge < -0.3 is 14.6 Å². The number of carbonyl (C=O) groups excluding carboxylic acids is 1. The fourth-order valence-electron chi connectivity index (χ4n) is 5.92. The largest absolute Gasteiger partial charge is 0.490 e. The summed E-state index contributed by atoms with van der Waals surface area (Å²) in [4.78, 5) is 12.3. The van der Waals surface area contributed by atoms with Gasteiger partial charge in [-0.2, -0.15) is 0 Å². The van der Waals surface area contributed by atoms with Gasteiger partial charge in [-0.05, 0) is 74.8 Å². The molecule has 4 aliphatic carbocycles. The third kappa shape index (κ3) is 3.69. The van der Waals surface area contributed by atoms with Crippen LogP contribution >= 0.6 is 0 Å². The molecule has 136 valence electrons. The van der Waals surface area contributed by atoms with Gasteiger partial charge in [0.15, 0.2) is 0 Å². The van der Waals surface area contributed by atoms with Crippen LogP contribution in [-0.4, -0.2) is 29.9 Å². The van der Waals surface area contributed by atoms with Gasteiger partial charge in [0.2, 0.25) is 0 Å². The van der Waals surface area contributed by atoms with E-state index >= 15 is 0 Å². The van der Waals surface area contributed by atoms with E-state index in [-0.39, 0.29) is 18.0 Å². The zero-order chi connectivity index (χ0) is 17.5. The number of hydrogen-bond acceptors (Lipinski definition) is 4. The molecule has 2 atom stereocenters. The average Bonchev–Trinajstić information content (AvgIpc) is 2.50. The monoisotopic (exact) mass is 344 g/mol. The zero-order valence-corrected chi connectivity index (χ0v) is 15.0. The Bertz CT molecular complexity index is 622. The van der Waals surface area contributed by atoms with Crippen LogP contribution in [0.2, 0.25) is 0 Å². The molecule has 2 unspecified atom stereocenters. The van der Waals surface area contributed by atoms with Gasteiger partial charge in [-0.25, -0.2) is 0 Å². The van der Waals surface area contributed by atoms with Crippen LogP contribution in [-0.2, 0) is 9.53 Å². The Morgan fingerprint density at radius 3 is 2.44 bits per heavy atom. The number of benzene rings is 1. The molecule has 25 heavy (non-hydrogen) atoms. The highest BCUT2D eigenvalue weighted by atomic mass is 16.6. The lowest BCUT2D eigenvalue weighted by Crippen LogP contribution is -2.56. The molecule has 4 bridgehead atoms. The molecule has 0 saturated heterocycles. The SMILES string of the molecule is Cc1ccc(OCCOC(=O)CC23CC4CC(CC(O)(C4)C2)C3)cc1. The van der Waals surface area contributed by atoms with Crippen molar-refractivity contribution in [2.75, 3.05) is 13.2 Å². The van der Waals surface area contributed by atoms with Crippen LogP contribution < -0.4 is 4.74 Å². The lowest BCUT2D eigenvalue weighted by Gasteiger charge is -2.60. The molecular weight excluding hydrogens is 316 g/mol. The first-order valence-corrected chi connectivity index (χ1v) is 9.51. The molecule has 4 aliphatic rings. The first-order chi connectivity index (χ1) is 11.9. The van der Waals surface area contributed by atoms with Crippen LogP contribution in [0.3, 0.4) is 0 Å². The molecule has 0 amide bonds.